The Hall–Kier alpha value is -2.99. The highest BCUT2D eigenvalue weighted by molar-refractivity contribution is 5.88. The summed E-state index contributed by atoms with van der Waals surface area (Å²) in [5.74, 6) is -2.66. The highest BCUT2D eigenvalue weighted by Crippen LogP contribution is 2.23. The number of nitrogens with one attached hydrogen (secondary N) is 1. The van der Waals surface area contributed by atoms with Crippen LogP contribution in [0.2, 0.25) is 0 Å². The predicted octanol–water partition coefficient (Wildman–Crippen LogP) is 3.53. The Morgan fingerprint density at radius 2 is 1.50 bits per heavy atom. The lowest BCUT2D eigenvalue weighted by Gasteiger charge is -2.19. The molecule has 0 saturated heterocycles. The molecule has 0 saturated carbocycles. The summed E-state index contributed by atoms with van der Waals surface area (Å²) in [5, 5.41) is 20.9. The number of carbonyl (C=O) groups excluding carboxylic acids is 1. The van der Waals surface area contributed by atoms with E-state index in [0.717, 1.165) is 16.7 Å². The Balaban J connectivity index is 2.13. The van der Waals surface area contributed by atoms with Crippen molar-refractivity contribution in [3.05, 3.63) is 60.2 Å². The van der Waals surface area contributed by atoms with Crippen molar-refractivity contribution < 1.29 is 24.6 Å². The van der Waals surface area contributed by atoms with Crippen LogP contribution in [0, 0.1) is 5.92 Å². The summed E-state index contributed by atoms with van der Waals surface area (Å²) in [6, 6.07) is 16.7. The SMILES string of the molecule is C[C@@H](CCNC(C(=O)CCC(=O)O)c1ccc(-c2ccccc2)cc1)C(=O)O. The Morgan fingerprint density at radius 1 is 0.893 bits per heavy atom. The smallest absolute Gasteiger partial charge is 0.306 e. The third-order valence-electron chi connectivity index (χ3n) is 4.61. The first-order chi connectivity index (χ1) is 13.4. The minimum Gasteiger partial charge on any atom is -0.481 e. The molecule has 0 fully saturated rings. The summed E-state index contributed by atoms with van der Waals surface area (Å²) in [6.45, 7) is 1.96. The lowest BCUT2D eigenvalue weighted by atomic mass is 9.96. The highest BCUT2D eigenvalue weighted by Gasteiger charge is 2.21. The zero-order valence-corrected chi connectivity index (χ0v) is 15.8. The zero-order valence-electron chi connectivity index (χ0n) is 15.8. The van der Waals surface area contributed by atoms with Crippen molar-refractivity contribution in [1.82, 2.24) is 5.32 Å². The Kier molecular flexibility index (Phi) is 7.89. The van der Waals surface area contributed by atoms with E-state index >= 15 is 0 Å². The van der Waals surface area contributed by atoms with Crippen molar-refractivity contribution in [3.8, 4) is 11.1 Å². The van der Waals surface area contributed by atoms with E-state index in [2.05, 4.69) is 5.32 Å². The number of hydrogen-bond donors (Lipinski definition) is 3. The molecule has 0 amide bonds. The third-order valence-corrected chi connectivity index (χ3v) is 4.61. The molecule has 0 heterocycles. The van der Waals surface area contributed by atoms with Gasteiger partial charge in [0.1, 0.15) is 0 Å². The van der Waals surface area contributed by atoms with E-state index in [-0.39, 0.29) is 18.6 Å². The number of carboxylic acids is 2. The standard InChI is InChI=1S/C22H25NO5/c1-15(22(27)28)13-14-23-21(19(24)11-12-20(25)26)18-9-7-17(8-10-18)16-5-3-2-4-6-16/h2-10,15,21,23H,11-14H2,1H3,(H,25,26)(H,27,28)/t15-,21?/m0/s1. The van der Waals surface area contributed by atoms with Crippen molar-refractivity contribution in [2.45, 2.75) is 32.2 Å². The van der Waals surface area contributed by atoms with E-state index in [1.54, 1.807) is 6.92 Å². The molecule has 1 unspecified atom stereocenters. The first-order valence-corrected chi connectivity index (χ1v) is 9.24. The molecule has 0 bridgehead atoms. The average Bonchev–Trinajstić information content (AvgIpc) is 2.70. The monoisotopic (exact) mass is 383 g/mol. The normalized spacial score (nSPS) is 12.9. The predicted molar refractivity (Wildman–Crippen MR) is 106 cm³/mol. The Morgan fingerprint density at radius 3 is 2.07 bits per heavy atom. The molecule has 0 aliphatic rings. The number of carboxylic acid groups (broad SMARTS) is 2. The Bertz CT molecular complexity index is 801. The fourth-order valence-electron chi connectivity index (χ4n) is 2.86. The number of carbonyl (C=O) groups is 3. The summed E-state index contributed by atoms with van der Waals surface area (Å²) in [6.07, 6.45) is 0.0622. The minimum absolute atomic E-state index is 0.0814. The molecule has 3 N–H and O–H groups in total. The van der Waals surface area contributed by atoms with Gasteiger partial charge in [0.15, 0.2) is 5.78 Å². The molecule has 2 aromatic rings. The number of benzene rings is 2. The van der Waals surface area contributed by atoms with E-state index < -0.39 is 23.9 Å². The lowest BCUT2D eigenvalue weighted by Crippen LogP contribution is -2.31. The number of Topliss-reactive ketones (excluding diaryl/α,β-unsaturated/α-hetero) is 1. The second kappa shape index (κ2) is 10.4. The molecule has 0 aliphatic carbocycles. The van der Waals surface area contributed by atoms with Crippen LogP contribution in [0.25, 0.3) is 11.1 Å². The average molecular weight is 383 g/mol. The van der Waals surface area contributed by atoms with Crippen molar-refractivity contribution >= 4 is 17.7 Å². The van der Waals surface area contributed by atoms with Gasteiger partial charge in [-0.15, -0.1) is 0 Å². The second-order valence-corrected chi connectivity index (χ2v) is 6.76. The first-order valence-electron chi connectivity index (χ1n) is 9.24. The molecular formula is C22H25NO5. The van der Waals surface area contributed by atoms with Gasteiger partial charge in [-0.05, 0) is 29.7 Å². The summed E-state index contributed by atoms with van der Waals surface area (Å²) in [7, 11) is 0. The van der Waals surface area contributed by atoms with Crippen molar-refractivity contribution in [2.75, 3.05) is 6.54 Å². The van der Waals surface area contributed by atoms with E-state index in [9.17, 15) is 14.4 Å². The molecule has 0 radical (unpaired) electrons. The molecule has 0 spiro atoms. The van der Waals surface area contributed by atoms with Gasteiger partial charge < -0.3 is 15.5 Å². The molecule has 148 valence electrons. The van der Waals surface area contributed by atoms with Gasteiger partial charge in [-0.1, -0.05) is 61.5 Å². The number of hydrogen-bond acceptors (Lipinski definition) is 4. The molecule has 0 aliphatic heterocycles. The molecule has 2 atom stereocenters. The fraction of sp³-hybridized carbons (Fsp3) is 0.318. The van der Waals surface area contributed by atoms with Crippen LogP contribution in [0.1, 0.15) is 37.8 Å². The van der Waals surface area contributed by atoms with Gasteiger partial charge in [0, 0.05) is 6.42 Å². The topological polar surface area (TPSA) is 104 Å². The maximum absolute atomic E-state index is 12.6. The lowest BCUT2D eigenvalue weighted by molar-refractivity contribution is -0.141. The third kappa shape index (κ3) is 6.32. The van der Waals surface area contributed by atoms with Gasteiger partial charge in [-0.2, -0.15) is 0 Å². The summed E-state index contributed by atoms with van der Waals surface area (Å²) < 4.78 is 0. The van der Waals surface area contributed by atoms with Gasteiger partial charge in [0.05, 0.1) is 18.4 Å². The summed E-state index contributed by atoms with van der Waals surface area (Å²) >= 11 is 0. The quantitative estimate of drug-likeness (QED) is 0.548. The van der Waals surface area contributed by atoms with Gasteiger partial charge in [-0.3, -0.25) is 14.4 Å². The van der Waals surface area contributed by atoms with E-state index in [0.29, 0.717) is 13.0 Å². The number of rotatable bonds is 11. The molecular weight excluding hydrogens is 358 g/mol. The highest BCUT2D eigenvalue weighted by atomic mass is 16.4. The zero-order chi connectivity index (χ0) is 20.5. The fourth-order valence-corrected chi connectivity index (χ4v) is 2.86. The van der Waals surface area contributed by atoms with Crippen LogP contribution in [0.5, 0.6) is 0 Å². The van der Waals surface area contributed by atoms with Gasteiger partial charge in [0.2, 0.25) is 0 Å². The molecule has 6 nitrogen and oxygen atoms in total. The maximum atomic E-state index is 12.6. The van der Waals surface area contributed by atoms with Crippen LogP contribution in [0.15, 0.2) is 54.6 Å². The van der Waals surface area contributed by atoms with E-state index in [4.69, 9.17) is 10.2 Å². The van der Waals surface area contributed by atoms with Gasteiger partial charge in [0.25, 0.3) is 0 Å². The summed E-state index contributed by atoms with van der Waals surface area (Å²) in [4.78, 5) is 34.3. The summed E-state index contributed by atoms with van der Waals surface area (Å²) in [5.41, 5.74) is 2.81. The van der Waals surface area contributed by atoms with Gasteiger partial charge in [-0.25, -0.2) is 0 Å². The van der Waals surface area contributed by atoms with Crippen LogP contribution in [-0.4, -0.2) is 34.5 Å². The van der Waals surface area contributed by atoms with Crippen LogP contribution in [-0.2, 0) is 14.4 Å². The van der Waals surface area contributed by atoms with E-state index in [1.807, 2.05) is 54.6 Å². The number of ketones is 1. The molecule has 2 aromatic carbocycles. The largest absolute Gasteiger partial charge is 0.481 e. The minimum atomic E-state index is -1.02. The first kappa shape index (κ1) is 21.3. The second-order valence-electron chi connectivity index (χ2n) is 6.76. The van der Waals surface area contributed by atoms with Crippen molar-refractivity contribution in [2.24, 2.45) is 5.92 Å². The molecule has 6 heteroatoms. The maximum Gasteiger partial charge on any atom is 0.306 e. The van der Waals surface area contributed by atoms with E-state index in [1.165, 1.54) is 0 Å². The van der Waals surface area contributed by atoms with Crippen LogP contribution < -0.4 is 5.32 Å². The van der Waals surface area contributed by atoms with Gasteiger partial charge >= 0.3 is 11.9 Å². The van der Waals surface area contributed by atoms with Crippen LogP contribution >= 0.6 is 0 Å². The Labute approximate surface area is 164 Å². The molecule has 2 rings (SSSR count). The van der Waals surface area contributed by atoms with Crippen LogP contribution in [0.3, 0.4) is 0 Å². The van der Waals surface area contributed by atoms with Crippen molar-refractivity contribution in [3.63, 3.8) is 0 Å². The van der Waals surface area contributed by atoms with Crippen LogP contribution in [0.4, 0.5) is 0 Å². The number of aliphatic carboxylic acids is 2. The molecule has 28 heavy (non-hydrogen) atoms. The molecule has 0 aromatic heterocycles. The van der Waals surface area contributed by atoms with Crippen molar-refractivity contribution in [1.29, 1.82) is 0 Å².